The number of nitrogens with one attached hydrogen (secondary N) is 1. The van der Waals surface area contributed by atoms with Crippen molar-refractivity contribution in [1.29, 1.82) is 10.7 Å². The number of nitriles is 1. The highest BCUT2D eigenvalue weighted by Crippen LogP contribution is 2.47. The molecule has 0 aromatic heterocycles. The first-order valence-electron chi connectivity index (χ1n) is 8.75. The van der Waals surface area contributed by atoms with E-state index in [9.17, 15) is 10.1 Å². The van der Waals surface area contributed by atoms with E-state index in [1.165, 1.54) is 5.56 Å². The van der Waals surface area contributed by atoms with Gasteiger partial charge in [0.25, 0.3) is 0 Å². The highest BCUT2D eigenvalue weighted by Gasteiger charge is 2.46. The number of hydrogen-bond donors (Lipinski definition) is 1. The quantitative estimate of drug-likeness (QED) is 0.852. The van der Waals surface area contributed by atoms with E-state index in [0.29, 0.717) is 30.1 Å². The van der Waals surface area contributed by atoms with Gasteiger partial charge in [-0.1, -0.05) is 52.0 Å². The van der Waals surface area contributed by atoms with Crippen LogP contribution in [0.15, 0.2) is 35.6 Å². The van der Waals surface area contributed by atoms with Gasteiger partial charge in [0.1, 0.15) is 11.7 Å². The van der Waals surface area contributed by atoms with Crippen LogP contribution < -0.4 is 0 Å². The zero-order valence-electron chi connectivity index (χ0n) is 15.2. The van der Waals surface area contributed by atoms with E-state index in [1.807, 2.05) is 38.1 Å². The monoisotopic (exact) mass is 336 g/mol. The van der Waals surface area contributed by atoms with Crippen molar-refractivity contribution in [1.82, 2.24) is 0 Å². The summed E-state index contributed by atoms with van der Waals surface area (Å²) in [6.45, 7) is 8.32. The first-order valence-corrected chi connectivity index (χ1v) is 8.75. The molecule has 0 saturated carbocycles. The molecule has 0 bridgehead atoms. The van der Waals surface area contributed by atoms with Gasteiger partial charge in [-0.2, -0.15) is 5.26 Å². The Kier molecular flexibility index (Phi) is 4.28. The van der Waals surface area contributed by atoms with Gasteiger partial charge in [0.2, 0.25) is 5.90 Å². The molecule has 25 heavy (non-hydrogen) atoms. The van der Waals surface area contributed by atoms with Gasteiger partial charge in [-0.15, -0.1) is 0 Å². The van der Waals surface area contributed by atoms with E-state index >= 15 is 0 Å². The van der Waals surface area contributed by atoms with E-state index in [-0.39, 0.29) is 17.1 Å². The summed E-state index contributed by atoms with van der Waals surface area (Å²) in [4.78, 5) is 12.9. The molecule has 0 saturated heterocycles. The minimum atomic E-state index is -0.756. The number of ketones is 1. The van der Waals surface area contributed by atoms with E-state index in [4.69, 9.17) is 10.1 Å². The molecule has 130 valence electrons. The third kappa shape index (κ3) is 3.11. The largest absolute Gasteiger partial charge is 0.446 e. The van der Waals surface area contributed by atoms with Crippen molar-refractivity contribution < 1.29 is 9.53 Å². The van der Waals surface area contributed by atoms with Gasteiger partial charge >= 0.3 is 0 Å². The molecule has 2 atom stereocenters. The van der Waals surface area contributed by atoms with Gasteiger partial charge < -0.3 is 4.74 Å². The molecule has 0 amide bonds. The molecule has 4 heteroatoms. The molecule has 4 nitrogen and oxygen atoms in total. The third-order valence-corrected chi connectivity index (χ3v) is 5.14. The predicted molar refractivity (Wildman–Crippen MR) is 96.2 cm³/mol. The average Bonchev–Trinajstić information content (AvgIpc) is 2.52. The fraction of sp³-hybridized carbons (Fsp3) is 0.476. The van der Waals surface area contributed by atoms with Gasteiger partial charge in [0, 0.05) is 24.3 Å². The van der Waals surface area contributed by atoms with Crippen molar-refractivity contribution in [3.8, 4) is 6.07 Å². The summed E-state index contributed by atoms with van der Waals surface area (Å²) in [7, 11) is 0. The van der Waals surface area contributed by atoms with Crippen LogP contribution in [-0.4, -0.2) is 11.7 Å². The number of hydrogen-bond acceptors (Lipinski definition) is 4. The molecular formula is C21H24N2O2. The molecular weight excluding hydrogens is 312 g/mol. The molecule has 0 radical (unpaired) electrons. The molecule has 0 spiro atoms. The molecule has 2 aliphatic rings. The van der Waals surface area contributed by atoms with Gasteiger partial charge in [0.15, 0.2) is 5.78 Å². The molecule has 1 aliphatic heterocycles. The van der Waals surface area contributed by atoms with Crippen LogP contribution in [-0.2, 0) is 9.53 Å². The molecule has 2 unspecified atom stereocenters. The maximum Gasteiger partial charge on any atom is 0.205 e. The van der Waals surface area contributed by atoms with Gasteiger partial charge in [-0.3, -0.25) is 10.2 Å². The first-order chi connectivity index (χ1) is 11.7. The van der Waals surface area contributed by atoms with Gasteiger partial charge in [-0.05, 0) is 22.5 Å². The standard InChI is InChI=1S/C21H24N2O2/c1-12(2)13-5-7-14(8-6-13)18-15(11-22)20(23)25-17-10-21(3,4)9-16(24)19(17)18/h5-8,12,15,18,23H,9-10H2,1-4H3. The van der Waals surface area contributed by atoms with Crippen LogP contribution in [0.4, 0.5) is 0 Å². The maximum atomic E-state index is 12.9. The van der Waals surface area contributed by atoms with Crippen molar-refractivity contribution in [2.45, 2.75) is 52.4 Å². The molecule has 1 aromatic carbocycles. The van der Waals surface area contributed by atoms with Crippen LogP contribution in [0.3, 0.4) is 0 Å². The van der Waals surface area contributed by atoms with Crippen molar-refractivity contribution in [2.75, 3.05) is 0 Å². The molecule has 1 N–H and O–H groups in total. The number of rotatable bonds is 2. The Labute approximate surface area is 149 Å². The van der Waals surface area contributed by atoms with E-state index in [0.717, 1.165) is 5.56 Å². The van der Waals surface area contributed by atoms with Crippen LogP contribution in [0.2, 0.25) is 0 Å². The van der Waals surface area contributed by atoms with Crippen molar-refractivity contribution >= 4 is 11.7 Å². The summed E-state index contributed by atoms with van der Waals surface area (Å²) in [5.74, 6) is -0.183. The van der Waals surface area contributed by atoms with Gasteiger partial charge in [-0.25, -0.2) is 0 Å². The molecule has 0 fully saturated rings. The number of Topliss-reactive ketones (excluding diaryl/α,β-unsaturated/α-hetero) is 1. The Bertz CT molecular complexity index is 794. The topological polar surface area (TPSA) is 73.9 Å². The Morgan fingerprint density at radius 2 is 1.88 bits per heavy atom. The second-order valence-corrected chi connectivity index (χ2v) is 8.15. The van der Waals surface area contributed by atoms with E-state index in [1.54, 1.807) is 0 Å². The molecule has 1 aliphatic carbocycles. The lowest BCUT2D eigenvalue weighted by Crippen LogP contribution is -2.38. The summed E-state index contributed by atoms with van der Waals surface area (Å²) in [5, 5.41) is 17.8. The molecule has 1 aromatic rings. The fourth-order valence-electron chi connectivity index (χ4n) is 3.81. The second kappa shape index (κ2) is 6.15. The lowest BCUT2D eigenvalue weighted by molar-refractivity contribution is -0.119. The van der Waals surface area contributed by atoms with Crippen LogP contribution in [0.25, 0.3) is 0 Å². The summed E-state index contributed by atoms with van der Waals surface area (Å²) < 4.78 is 5.63. The normalized spacial score (nSPS) is 25.4. The average molecular weight is 336 g/mol. The zero-order chi connectivity index (χ0) is 18.4. The van der Waals surface area contributed by atoms with Crippen LogP contribution in [0.1, 0.15) is 63.5 Å². The minimum Gasteiger partial charge on any atom is -0.446 e. The Balaban J connectivity index is 2.11. The third-order valence-electron chi connectivity index (χ3n) is 5.14. The number of ether oxygens (including phenoxy) is 1. The van der Waals surface area contributed by atoms with Crippen LogP contribution in [0.5, 0.6) is 0 Å². The molecule has 3 rings (SSSR count). The van der Waals surface area contributed by atoms with Gasteiger partial charge in [0.05, 0.1) is 6.07 Å². The first kappa shape index (κ1) is 17.4. The summed E-state index contributed by atoms with van der Waals surface area (Å²) >= 11 is 0. The molecule has 1 heterocycles. The Morgan fingerprint density at radius 1 is 1.24 bits per heavy atom. The minimum absolute atomic E-state index is 0.0388. The fourth-order valence-corrected chi connectivity index (χ4v) is 3.81. The smallest absolute Gasteiger partial charge is 0.205 e. The van der Waals surface area contributed by atoms with E-state index in [2.05, 4.69) is 19.9 Å². The Morgan fingerprint density at radius 3 is 2.44 bits per heavy atom. The van der Waals surface area contributed by atoms with Crippen molar-refractivity contribution in [3.63, 3.8) is 0 Å². The van der Waals surface area contributed by atoms with Crippen molar-refractivity contribution in [3.05, 3.63) is 46.7 Å². The highest BCUT2D eigenvalue weighted by atomic mass is 16.5. The number of nitrogens with zero attached hydrogens (tertiary/aromatic N) is 1. The van der Waals surface area contributed by atoms with Crippen LogP contribution >= 0.6 is 0 Å². The predicted octanol–water partition coefficient (Wildman–Crippen LogP) is 4.68. The lowest BCUT2D eigenvalue weighted by atomic mass is 9.68. The second-order valence-electron chi connectivity index (χ2n) is 8.15. The SMILES string of the molecule is CC(C)c1ccc(C2C3=C(CC(C)(C)CC3=O)OC(=N)C2C#N)cc1. The van der Waals surface area contributed by atoms with Crippen LogP contribution in [0, 0.1) is 28.1 Å². The summed E-state index contributed by atoms with van der Waals surface area (Å²) in [5.41, 5.74) is 2.54. The summed E-state index contributed by atoms with van der Waals surface area (Å²) in [6.07, 6.45) is 1.07. The number of carbonyl (C=O) groups excluding carboxylic acids is 1. The van der Waals surface area contributed by atoms with E-state index < -0.39 is 11.8 Å². The maximum absolute atomic E-state index is 12.9. The highest BCUT2D eigenvalue weighted by molar-refractivity contribution is 6.01. The lowest BCUT2D eigenvalue weighted by Gasteiger charge is -2.39. The number of carbonyl (C=O) groups is 1. The summed E-state index contributed by atoms with van der Waals surface area (Å²) in [6, 6.07) is 10.2. The number of allylic oxidation sites excluding steroid dienone is 2. The number of benzene rings is 1. The van der Waals surface area contributed by atoms with Crippen molar-refractivity contribution in [2.24, 2.45) is 11.3 Å². The zero-order valence-corrected chi connectivity index (χ0v) is 15.2. The Hall–Kier alpha value is -2.41.